The Labute approximate surface area is 106 Å². The molecule has 18 heavy (non-hydrogen) atoms. The van der Waals surface area contributed by atoms with Gasteiger partial charge in [-0.1, -0.05) is 48.5 Å². The van der Waals surface area contributed by atoms with E-state index in [2.05, 4.69) is 0 Å². The van der Waals surface area contributed by atoms with Crippen molar-refractivity contribution >= 4 is 5.97 Å². The Bertz CT molecular complexity index is 496. The van der Waals surface area contributed by atoms with Crippen molar-refractivity contribution in [2.45, 2.75) is 6.04 Å². The molecule has 0 aliphatic carbocycles. The van der Waals surface area contributed by atoms with E-state index in [-0.39, 0.29) is 18.6 Å². The van der Waals surface area contributed by atoms with Gasteiger partial charge >= 0.3 is 5.97 Å². The van der Waals surface area contributed by atoms with E-state index in [4.69, 9.17) is 10.5 Å². The molecule has 0 radical (unpaired) electrons. The monoisotopic (exact) mass is 241 g/mol. The molecule has 0 aliphatic heterocycles. The van der Waals surface area contributed by atoms with E-state index in [0.29, 0.717) is 5.56 Å². The molecule has 1 atom stereocenters. The highest BCUT2D eigenvalue weighted by atomic mass is 16.5. The first-order valence-electron chi connectivity index (χ1n) is 5.80. The number of rotatable bonds is 4. The highest BCUT2D eigenvalue weighted by molar-refractivity contribution is 5.89. The lowest BCUT2D eigenvalue weighted by Gasteiger charge is -2.12. The van der Waals surface area contributed by atoms with Crippen LogP contribution in [0.2, 0.25) is 0 Å². The quantitative estimate of drug-likeness (QED) is 0.837. The summed E-state index contributed by atoms with van der Waals surface area (Å²) in [6.07, 6.45) is 0. The summed E-state index contributed by atoms with van der Waals surface area (Å²) in [5, 5.41) is 0. The predicted molar refractivity (Wildman–Crippen MR) is 70.1 cm³/mol. The average Bonchev–Trinajstić information content (AvgIpc) is 2.46. The average molecular weight is 241 g/mol. The molecule has 3 nitrogen and oxygen atoms in total. The highest BCUT2D eigenvalue weighted by Gasteiger charge is 2.10. The number of hydrogen-bond acceptors (Lipinski definition) is 3. The first-order chi connectivity index (χ1) is 8.77. The molecule has 0 saturated carbocycles. The fraction of sp³-hybridized carbons (Fsp3) is 0.133. The third-order valence-corrected chi connectivity index (χ3v) is 2.63. The van der Waals surface area contributed by atoms with E-state index in [1.54, 1.807) is 24.3 Å². The molecule has 2 rings (SSSR count). The van der Waals surface area contributed by atoms with Crippen molar-refractivity contribution in [3.05, 3.63) is 71.8 Å². The number of hydrogen-bond donors (Lipinski definition) is 1. The molecule has 0 saturated heterocycles. The van der Waals surface area contributed by atoms with Crippen molar-refractivity contribution in [3.8, 4) is 0 Å². The lowest BCUT2D eigenvalue weighted by molar-refractivity contribution is 0.0481. The van der Waals surface area contributed by atoms with Gasteiger partial charge in [-0.2, -0.15) is 0 Å². The Morgan fingerprint density at radius 2 is 1.56 bits per heavy atom. The van der Waals surface area contributed by atoms with Gasteiger partial charge < -0.3 is 10.5 Å². The largest absolute Gasteiger partial charge is 0.460 e. The van der Waals surface area contributed by atoms with Gasteiger partial charge in [0.15, 0.2) is 0 Å². The van der Waals surface area contributed by atoms with Crippen LogP contribution >= 0.6 is 0 Å². The van der Waals surface area contributed by atoms with Gasteiger partial charge in [0.05, 0.1) is 11.6 Å². The van der Waals surface area contributed by atoms with E-state index < -0.39 is 0 Å². The maximum absolute atomic E-state index is 11.7. The fourth-order valence-corrected chi connectivity index (χ4v) is 1.62. The molecule has 0 unspecified atom stereocenters. The zero-order valence-corrected chi connectivity index (χ0v) is 9.95. The summed E-state index contributed by atoms with van der Waals surface area (Å²) >= 11 is 0. The van der Waals surface area contributed by atoms with Crippen LogP contribution in [0.5, 0.6) is 0 Å². The standard InChI is InChI=1S/C15H15NO2/c16-14(12-7-3-1-4-8-12)11-18-15(17)13-9-5-2-6-10-13/h1-10,14H,11,16H2/t14-/m0/s1. The molecule has 0 aliphatic rings. The minimum Gasteiger partial charge on any atom is -0.460 e. The number of nitrogens with two attached hydrogens (primary N) is 1. The predicted octanol–water partition coefficient (Wildman–Crippen LogP) is 2.54. The van der Waals surface area contributed by atoms with E-state index in [0.717, 1.165) is 5.56 Å². The van der Waals surface area contributed by atoms with Crippen LogP contribution < -0.4 is 5.73 Å². The third kappa shape index (κ3) is 3.18. The zero-order chi connectivity index (χ0) is 12.8. The molecule has 2 aromatic rings. The van der Waals surface area contributed by atoms with Gasteiger partial charge in [-0.05, 0) is 17.7 Å². The number of ether oxygens (including phenoxy) is 1. The van der Waals surface area contributed by atoms with Crippen LogP contribution in [-0.4, -0.2) is 12.6 Å². The van der Waals surface area contributed by atoms with Crippen molar-refractivity contribution in [3.63, 3.8) is 0 Å². The van der Waals surface area contributed by atoms with Crippen LogP contribution in [0.4, 0.5) is 0 Å². The van der Waals surface area contributed by atoms with Crippen LogP contribution in [0, 0.1) is 0 Å². The van der Waals surface area contributed by atoms with Crippen molar-refractivity contribution in [2.75, 3.05) is 6.61 Å². The molecule has 2 N–H and O–H groups in total. The number of benzene rings is 2. The number of carbonyl (C=O) groups is 1. The summed E-state index contributed by atoms with van der Waals surface area (Å²) in [7, 11) is 0. The maximum Gasteiger partial charge on any atom is 0.338 e. The molecule has 0 bridgehead atoms. The molecular formula is C15H15NO2. The lowest BCUT2D eigenvalue weighted by Crippen LogP contribution is -2.19. The summed E-state index contributed by atoms with van der Waals surface area (Å²) in [6.45, 7) is 0.178. The molecule has 3 heteroatoms. The first kappa shape index (κ1) is 12.3. The van der Waals surface area contributed by atoms with Gasteiger partial charge in [0.2, 0.25) is 0 Å². The molecule has 0 heterocycles. The van der Waals surface area contributed by atoms with Crippen LogP contribution in [-0.2, 0) is 4.74 Å². The summed E-state index contributed by atoms with van der Waals surface area (Å²) in [4.78, 5) is 11.7. The maximum atomic E-state index is 11.7. The Kier molecular flexibility index (Phi) is 4.10. The Morgan fingerprint density at radius 3 is 2.17 bits per heavy atom. The normalized spacial score (nSPS) is 11.8. The van der Waals surface area contributed by atoms with Gasteiger partial charge in [0, 0.05) is 0 Å². The van der Waals surface area contributed by atoms with Crippen LogP contribution in [0.15, 0.2) is 60.7 Å². The van der Waals surface area contributed by atoms with Crippen molar-refractivity contribution in [1.82, 2.24) is 0 Å². The summed E-state index contributed by atoms with van der Waals surface area (Å²) < 4.78 is 5.18. The van der Waals surface area contributed by atoms with E-state index in [9.17, 15) is 4.79 Å². The van der Waals surface area contributed by atoms with Crippen LogP contribution in [0.25, 0.3) is 0 Å². The second kappa shape index (κ2) is 5.98. The van der Waals surface area contributed by atoms with E-state index >= 15 is 0 Å². The summed E-state index contributed by atoms with van der Waals surface area (Å²) in [6, 6.07) is 18.2. The second-order valence-corrected chi connectivity index (χ2v) is 3.98. The van der Waals surface area contributed by atoms with Gasteiger partial charge in [0.25, 0.3) is 0 Å². The second-order valence-electron chi connectivity index (χ2n) is 3.98. The summed E-state index contributed by atoms with van der Waals surface area (Å²) in [5.74, 6) is -0.345. The smallest absolute Gasteiger partial charge is 0.338 e. The minimum absolute atomic E-state index is 0.178. The molecule has 2 aromatic carbocycles. The van der Waals surface area contributed by atoms with Crippen LogP contribution in [0.1, 0.15) is 22.0 Å². The number of carbonyl (C=O) groups excluding carboxylic acids is 1. The summed E-state index contributed by atoms with van der Waals surface area (Å²) in [5.41, 5.74) is 7.44. The Morgan fingerprint density at radius 1 is 1.00 bits per heavy atom. The van der Waals surface area contributed by atoms with Crippen molar-refractivity contribution in [1.29, 1.82) is 0 Å². The molecule has 0 fully saturated rings. The first-order valence-corrected chi connectivity index (χ1v) is 5.80. The van der Waals surface area contributed by atoms with Gasteiger partial charge in [-0.3, -0.25) is 0 Å². The molecule has 92 valence electrons. The lowest BCUT2D eigenvalue weighted by atomic mass is 10.1. The van der Waals surface area contributed by atoms with Crippen molar-refractivity contribution in [2.24, 2.45) is 5.73 Å². The minimum atomic E-state index is -0.345. The topological polar surface area (TPSA) is 52.3 Å². The van der Waals surface area contributed by atoms with Crippen molar-refractivity contribution < 1.29 is 9.53 Å². The molecule has 0 amide bonds. The molecular weight excluding hydrogens is 226 g/mol. The highest BCUT2D eigenvalue weighted by Crippen LogP contribution is 2.10. The fourth-order valence-electron chi connectivity index (χ4n) is 1.62. The number of esters is 1. The van der Waals surface area contributed by atoms with Gasteiger partial charge in [-0.15, -0.1) is 0 Å². The molecule has 0 aromatic heterocycles. The van der Waals surface area contributed by atoms with Crippen LogP contribution in [0.3, 0.4) is 0 Å². The third-order valence-electron chi connectivity index (χ3n) is 2.63. The van der Waals surface area contributed by atoms with E-state index in [1.165, 1.54) is 0 Å². The van der Waals surface area contributed by atoms with E-state index in [1.807, 2.05) is 36.4 Å². The Hall–Kier alpha value is -2.13. The Balaban J connectivity index is 1.91. The van der Waals surface area contributed by atoms with Gasteiger partial charge in [-0.25, -0.2) is 4.79 Å². The molecule has 0 spiro atoms. The SMILES string of the molecule is N[C@@H](COC(=O)c1ccccc1)c1ccccc1. The van der Waals surface area contributed by atoms with Gasteiger partial charge in [0.1, 0.15) is 6.61 Å². The zero-order valence-electron chi connectivity index (χ0n) is 9.95.